The van der Waals surface area contributed by atoms with Gasteiger partial charge in [-0.3, -0.25) is 4.79 Å². The molecule has 0 aliphatic heterocycles. The van der Waals surface area contributed by atoms with Crippen LogP contribution < -0.4 is 0 Å². The highest BCUT2D eigenvalue weighted by Gasteiger charge is 2.23. The molecule has 19 heavy (non-hydrogen) atoms. The maximum Gasteiger partial charge on any atom is 0.326 e. The van der Waals surface area contributed by atoms with Gasteiger partial charge in [-0.1, -0.05) is 24.3 Å². The van der Waals surface area contributed by atoms with Gasteiger partial charge < -0.3 is 10.0 Å². The van der Waals surface area contributed by atoms with Gasteiger partial charge in [-0.25, -0.2) is 9.78 Å². The Morgan fingerprint density at radius 3 is 2.58 bits per heavy atom. The van der Waals surface area contributed by atoms with Crippen molar-refractivity contribution in [3.05, 3.63) is 42.1 Å². The fourth-order valence-corrected chi connectivity index (χ4v) is 1.71. The monoisotopic (exact) mass is 258 g/mol. The Hall–Kier alpha value is -2.43. The summed E-state index contributed by atoms with van der Waals surface area (Å²) in [6.45, 7) is 1.46. The zero-order valence-corrected chi connectivity index (χ0v) is 10.7. The summed E-state index contributed by atoms with van der Waals surface area (Å²) in [4.78, 5) is 28.4. The van der Waals surface area contributed by atoms with Gasteiger partial charge in [-0.15, -0.1) is 0 Å². The van der Waals surface area contributed by atoms with E-state index in [1.807, 2.05) is 24.3 Å². The number of hydrogen-bond acceptors (Lipinski definition) is 3. The van der Waals surface area contributed by atoms with E-state index in [-0.39, 0.29) is 5.69 Å². The van der Waals surface area contributed by atoms with Crippen molar-refractivity contribution in [2.75, 3.05) is 7.05 Å². The minimum absolute atomic E-state index is 0.245. The largest absolute Gasteiger partial charge is 0.480 e. The van der Waals surface area contributed by atoms with Crippen LogP contribution in [-0.2, 0) is 4.79 Å². The minimum atomic E-state index is -1.04. The van der Waals surface area contributed by atoms with Gasteiger partial charge in [0.15, 0.2) is 0 Å². The van der Waals surface area contributed by atoms with Crippen LogP contribution in [0.15, 0.2) is 36.4 Å². The molecule has 0 fully saturated rings. The van der Waals surface area contributed by atoms with Gasteiger partial charge in [0, 0.05) is 12.4 Å². The molecule has 0 aliphatic carbocycles. The quantitative estimate of drug-likeness (QED) is 0.911. The van der Waals surface area contributed by atoms with E-state index < -0.39 is 17.9 Å². The van der Waals surface area contributed by atoms with Crippen molar-refractivity contribution in [3.63, 3.8) is 0 Å². The molecule has 0 radical (unpaired) electrons. The van der Waals surface area contributed by atoms with Crippen molar-refractivity contribution < 1.29 is 14.7 Å². The highest BCUT2D eigenvalue weighted by atomic mass is 16.4. The van der Waals surface area contributed by atoms with E-state index >= 15 is 0 Å². The Morgan fingerprint density at radius 2 is 1.89 bits per heavy atom. The van der Waals surface area contributed by atoms with Crippen molar-refractivity contribution in [3.8, 4) is 0 Å². The summed E-state index contributed by atoms with van der Waals surface area (Å²) in [6, 6.07) is 9.97. The number of hydrogen-bond donors (Lipinski definition) is 1. The first kappa shape index (κ1) is 13.0. The average Bonchev–Trinajstić information content (AvgIpc) is 2.44. The number of benzene rings is 1. The van der Waals surface area contributed by atoms with Crippen molar-refractivity contribution in [2.45, 2.75) is 13.0 Å². The third kappa shape index (κ3) is 2.54. The number of carboxylic acids is 1. The van der Waals surface area contributed by atoms with Gasteiger partial charge in [0.25, 0.3) is 5.91 Å². The zero-order valence-electron chi connectivity index (χ0n) is 10.7. The summed E-state index contributed by atoms with van der Waals surface area (Å²) in [5.41, 5.74) is 0.957. The van der Waals surface area contributed by atoms with Gasteiger partial charge >= 0.3 is 5.97 Å². The lowest BCUT2D eigenvalue weighted by Gasteiger charge is -2.21. The number of amides is 1. The summed E-state index contributed by atoms with van der Waals surface area (Å²) < 4.78 is 0. The van der Waals surface area contributed by atoms with Crippen molar-refractivity contribution >= 4 is 22.8 Å². The van der Waals surface area contributed by atoms with Crippen LogP contribution in [0.1, 0.15) is 17.4 Å². The zero-order chi connectivity index (χ0) is 14.0. The molecule has 2 aromatic rings. The lowest BCUT2D eigenvalue weighted by molar-refractivity contribution is -0.141. The molecule has 1 unspecified atom stereocenters. The summed E-state index contributed by atoms with van der Waals surface area (Å²) >= 11 is 0. The molecule has 1 heterocycles. The molecule has 1 aromatic heterocycles. The summed E-state index contributed by atoms with van der Waals surface area (Å²) in [7, 11) is 1.46. The number of carboxylic acid groups (broad SMARTS) is 1. The molecule has 5 heteroatoms. The Balaban J connectivity index is 2.33. The molecule has 1 N–H and O–H groups in total. The molecule has 1 aromatic carbocycles. The number of likely N-dealkylation sites (N-methyl/N-ethyl adjacent to an activating group) is 1. The second-order valence-corrected chi connectivity index (χ2v) is 4.32. The Morgan fingerprint density at radius 1 is 1.21 bits per heavy atom. The molecular formula is C14H14N2O3. The van der Waals surface area contributed by atoms with E-state index in [0.29, 0.717) is 5.52 Å². The summed E-state index contributed by atoms with van der Waals surface area (Å²) in [5, 5.41) is 9.84. The predicted molar refractivity (Wildman–Crippen MR) is 70.9 cm³/mol. The van der Waals surface area contributed by atoms with Crippen LogP contribution in [0.4, 0.5) is 0 Å². The highest BCUT2D eigenvalue weighted by molar-refractivity contribution is 5.96. The van der Waals surface area contributed by atoms with Gasteiger partial charge in [-0.05, 0) is 19.1 Å². The first-order chi connectivity index (χ1) is 9.00. The van der Waals surface area contributed by atoms with E-state index in [1.54, 1.807) is 12.1 Å². The Labute approximate surface area is 110 Å². The predicted octanol–water partition coefficient (Wildman–Crippen LogP) is 1.78. The number of rotatable bonds is 3. The number of aromatic nitrogens is 1. The van der Waals surface area contributed by atoms with Crippen molar-refractivity contribution in [2.24, 2.45) is 0 Å². The molecule has 1 atom stereocenters. The normalized spacial score (nSPS) is 12.1. The molecule has 5 nitrogen and oxygen atoms in total. The number of nitrogens with zero attached hydrogens (tertiary/aromatic N) is 2. The van der Waals surface area contributed by atoms with Crippen LogP contribution >= 0.6 is 0 Å². The molecule has 98 valence electrons. The second-order valence-electron chi connectivity index (χ2n) is 4.32. The van der Waals surface area contributed by atoms with E-state index in [1.165, 1.54) is 18.9 Å². The van der Waals surface area contributed by atoms with Gasteiger partial charge in [0.1, 0.15) is 11.7 Å². The second kappa shape index (κ2) is 5.06. The smallest absolute Gasteiger partial charge is 0.326 e. The van der Waals surface area contributed by atoms with E-state index in [0.717, 1.165) is 5.39 Å². The topological polar surface area (TPSA) is 70.5 Å². The standard InChI is InChI=1S/C14H14N2O3/c1-9(14(18)19)16(2)13(17)12-8-7-10-5-3-4-6-11(10)15-12/h3-9H,1-2H3,(H,18,19). The number of carbonyl (C=O) groups is 2. The van der Waals surface area contributed by atoms with Gasteiger partial charge in [0.2, 0.25) is 0 Å². The molecular weight excluding hydrogens is 244 g/mol. The fraction of sp³-hybridized carbons (Fsp3) is 0.214. The SMILES string of the molecule is CC(C(=O)O)N(C)C(=O)c1ccc2ccccc2n1. The van der Waals surface area contributed by atoms with Crippen LogP contribution in [-0.4, -0.2) is 40.0 Å². The molecule has 0 aliphatic rings. The van der Waals surface area contributed by atoms with E-state index in [9.17, 15) is 9.59 Å². The van der Waals surface area contributed by atoms with E-state index in [2.05, 4.69) is 4.98 Å². The molecule has 1 amide bonds. The summed E-state index contributed by atoms with van der Waals surface area (Å²) in [6.07, 6.45) is 0. The Kier molecular flexibility index (Phi) is 3.46. The van der Waals surface area contributed by atoms with Crippen molar-refractivity contribution in [1.29, 1.82) is 0 Å². The number of para-hydroxylation sites is 1. The fourth-order valence-electron chi connectivity index (χ4n) is 1.71. The van der Waals surface area contributed by atoms with E-state index in [4.69, 9.17) is 5.11 Å². The lowest BCUT2D eigenvalue weighted by atomic mass is 10.2. The molecule has 0 saturated carbocycles. The van der Waals surface area contributed by atoms with Crippen LogP contribution in [0.3, 0.4) is 0 Å². The van der Waals surface area contributed by atoms with Gasteiger partial charge in [-0.2, -0.15) is 0 Å². The molecule has 0 saturated heterocycles. The maximum absolute atomic E-state index is 12.1. The van der Waals surface area contributed by atoms with Gasteiger partial charge in [0.05, 0.1) is 5.52 Å². The van der Waals surface area contributed by atoms with Crippen LogP contribution in [0, 0.1) is 0 Å². The minimum Gasteiger partial charge on any atom is -0.480 e. The summed E-state index contributed by atoms with van der Waals surface area (Å²) in [5.74, 6) is -1.45. The van der Waals surface area contributed by atoms with Crippen LogP contribution in [0.25, 0.3) is 10.9 Å². The third-order valence-electron chi connectivity index (χ3n) is 3.08. The Bertz CT molecular complexity index is 639. The number of fused-ring (bicyclic) bond motifs is 1. The molecule has 0 spiro atoms. The average molecular weight is 258 g/mol. The lowest BCUT2D eigenvalue weighted by Crippen LogP contribution is -2.40. The van der Waals surface area contributed by atoms with Crippen LogP contribution in [0.2, 0.25) is 0 Å². The van der Waals surface area contributed by atoms with Crippen molar-refractivity contribution in [1.82, 2.24) is 9.88 Å². The highest BCUT2D eigenvalue weighted by Crippen LogP contribution is 2.13. The molecule has 0 bridgehead atoms. The maximum atomic E-state index is 12.1. The molecule has 2 rings (SSSR count). The van der Waals surface area contributed by atoms with Crippen LogP contribution in [0.5, 0.6) is 0 Å². The first-order valence-electron chi connectivity index (χ1n) is 5.86. The number of aliphatic carboxylic acids is 1. The third-order valence-corrected chi connectivity index (χ3v) is 3.08. The number of carbonyl (C=O) groups excluding carboxylic acids is 1. The first-order valence-corrected chi connectivity index (χ1v) is 5.86. The number of pyridine rings is 1.